The standard InChI is InChI=1S/C48H88N4O4/c1-5-7-9-11-13-15-17-19-21-23-25-27-29-31-33-35-41-55-45(53)37-39-47(3,43-49)51-52-48(4,44-50)40-38-46(54)56-42-36-34-32-30-28-26-24-22-20-18-16-14-12-10-8-6-2/h5-42H2,1-4H3. The number of nitrogens with zero attached hydrogens (tertiary/aromatic N) is 4. The zero-order valence-corrected chi connectivity index (χ0v) is 37.3. The van der Waals surface area contributed by atoms with Crippen molar-refractivity contribution >= 4 is 11.9 Å². The van der Waals surface area contributed by atoms with Gasteiger partial charge in [0.15, 0.2) is 11.1 Å². The fourth-order valence-electron chi connectivity index (χ4n) is 6.98. The van der Waals surface area contributed by atoms with Crippen molar-refractivity contribution in [2.24, 2.45) is 10.2 Å². The predicted molar refractivity (Wildman–Crippen MR) is 232 cm³/mol. The van der Waals surface area contributed by atoms with Crippen LogP contribution in [0.3, 0.4) is 0 Å². The fourth-order valence-corrected chi connectivity index (χ4v) is 6.98. The maximum absolute atomic E-state index is 12.4. The highest BCUT2D eigenvalue weighted by Gasteiger charge is 2.30. The van der Waals surface area contributed by atoms with Crippen LogP contribution in [0.1, 0.15) is 259 Å². The second kappa shape index (κ2) is 39.4. The highest BCUT2D eigenvalue weighted by molar-refractivity contribution is 5.69. The summed E-state index contributed by atoms with van der Waals surface area (Å²) in [4.78, 5) is 24.7. The molecule has 0 spiro atoms. The summed E-state index contributed by atoms with van der Waals surface area (Å²) >= 11 is 0. The van der Waals surface area contributed by atoms with Gasteiger partial charge in [0.2, 0.25) is 0 Å². The summed E-state index contributed by atoms with van der Waals surface area (Å²) in [5, 5.41) is 27.9. The van der Waals surface area contributed by atoms with Gasteiger partial charge in [-0.1, -0.05) is 206 Å². The third-order valence-corrected chi connectivity index (χ3v) is 11.1. The molecule has 8 nitrogen and oxygen atoms in total. The molecule has 0 aromatic rings. The third kappa shape index (κ3) is 35.9. The average molecular weight is 785 g/mol. The van der Waals surface area contributed by atoms with Crippen LogP contribution in [0.2, 0.25) is 0 Å². The zero-order valence-electron chi connectivity index (χ0n) is 37.3. The van der Waals surface area contributed by atoms with Gasteiger partial charge in [-0.25, -0.2) is 0 Å². The van der Waals surface area contributed by atoms with Crippen LogP contribution in [0.4, 0.5) is 0 Å². The van der Waals surface area contributed by atoms with E-state index < -0.39 is 11.1 Å². The van der Waals surface area contributed by atoms with E-state index in [1.165, 1.54) is 167 Å². The first-order valence-corrected chi connectivity index (χ1v) is 23.8. The highest BCUT2D eigenvalue weighted by atomic mass is 16.5. The van der Waals surface area contributed by atoms with Crippen molar-refractivity contribution in [3.8, 4) is 12.1 Å². The van der Waals surface area contributed by atoms with E-state index in [2.05, 4.69) is 36.2 Å². The minimum Gasteiger partial charge on any atom is -0.466 e. The van der Waals surface area contributed by atoms with E-state index in [1.54, 1.807) is 13.8 Å². The Hall–Kier alpha value is -2.48. The van der Waals surface area contributed by atoms with Gasteiger partial charge in [-0.3, -0.25) is 9.59 Å². The Balaban J connectivity index is 3.94. The molecule has 2 unspecified atom stereocenters. The topological polar surface area (TPSA) is 125 Å². The molecular formula is C48H88N4O4. The number of carbonyl (C=O) groups excluding carboxylic acids is 2. The number of azo groups is 1. The van der Waals surface area contributed by atoms with Crippen molar-refractivity contribution < 1.29 is 19.1 Å². The van der Waals surface area contributed by atoms with Gasteiger partial charge in [0.1, 0.15) is 0 Å². The molecule has 0 N–H and O–H groups in total. The largest absolute Gasteiger partial charge is 0.466 e. The Morgan fingerprint density at radius 2 is 0.625 bits per heavy atom. The lowest BCUT2D eigenvalue weighted by Gasteiger charge is -2.19. The smallest absolute Gasteiger partial charge is 0.305 e. The van der Waals surface area contributed by atoms with Gasteiger partial charge in [-0.05, 0) is 39.5 Å². The van der Waals surface area contributed by atoms with Crippen LogP contribution in [0.25, 0.3) is 0 Å². The molecule has 0 aliphatic carbocycles. The maximum Gasteiger partial charge on any atom is 0.305 e. The first kappa shape index (κ1) is 53.5. The van der Waals surface area contributed by atoms with Crippen LogP contribution in [0, 0.1) is 22.7 Å². The molecule has 0 aromatic heterocycles. The Morgan fingerprint density at radius 3 is 0.839 bits per heavy atom. The van der Waals surface area contributed by atoms with Gasteiger partial charge in [0, 0.05) is 12.8 Å². The highest BCUT2D eigenvalue weighted by Crippen LogP contribution is 2.24. The predicted octanol–water partition coefficient (Wildman–Crippen LogP) is 15.2. The van der Waals surface area contributed by atoms with Crippen LogP contribution >= 0.6 is 0 Å². The minimum absolute atomic E-state index is 0.0525. The number of nitriles is 2. The Bertz CT molecular complexity index is 957. The lowest BCUT2D eigenvalue weighted by molar-refractivity contribution is -0.145. The molecule has 0 saturated carbocycles. The van der Waals surface area contributed by atoms with Crippen molar-refractivity contribution in [2.75, 3.05) is 13.2 Å². The lowest BCUT2D eigenvalue weighted by atomic mass is 9.97. The normalized spacial score (nSPS) is 13.5. The second-order valence-corrected chi connectivity index (χ2v) is 17.0. The lowest BCUT2D eigenvalue weighted by Crippen LogP contribution is -2.25. The van der Waals surface area contributed by atoms with E-state index in [4.69, 9.17) is 9.47 Å². The molecule has 0 radical (unpaired) electrons. The number of esters is 2. The quantitative estimate of drug-likeness (QED) is 0.0345. The zero-order chi connectivity index (χ0) is 41.3. The number of unbranched alkanes of at least 4 members (excludes halogenated alkanes) is 30. The number of hydrogen-bond acceptors (Lipinski definition) is 8. The van der Waals surface area contributed by atoms with E-state index in [-0.39, 0.29) is 37.6 Å². The van der Waals surface area contributed by atoms with E-state index in [0.717, 1.165) is 38.5 Å². The van der Waals surface area contributed by atoms with Crippen molar-refractivity contribution in [1.82, 2.24) is 0 Å². The number of hydrogen-bond donors (Lipinski definition) is 0. The van der Waals surface area contributed by atoms with Crippen LogP contribution in [0.15, 0.2) is 10.2 Å². The van der Waals surface area contributed by atoms with Gasteiger partial charge < -0.3 is 9.47 Å². The summed E-state index contributed by atoms with van der Waals surface area (Å²) in [7, 11) is 0. The number of carbonyl (C=O) groups is 2. The van der Waals surface area contributed by atoms with Gasteiger partial charge in [0.25, 0.3) is 0 Å². The monoisotopic (exact) mass is 785 g/mol. The summed E-state index contributed by atoms with van der Waals surface area (Å²) in [6.45, 7) is 8.53. The van der Waals surface area contributed by atoms with E-state index in [0.29, 0.717) is 13.2 Å². The van der Waals surface area contributed by atoms with E-state index in [9.17, 15) is 20.1 Å². The minimum atomic E-state index is -1.26. The molecule has 324 valence electrons. The number of ether oxygens (including phenoxy) is 2. The van der Waals surface area contributed by atoms with E-state index in [1.807, 2.05) is 0 Å². The summed E-state index contributed by atoms with van der Waals surface area (Å²) in [5.74, 6) is -0.699. The molecule has 2 atom stereocenters. The van der Waals surface area contributed by atoms with E-state index >= 15 is 0 Å². The third-order valence-electron chi connectivity index (χ3n) is 11.1. The van der Waals surface area contributed by atoms with Gasteiger partial charge in [-0.2, -0.15) is 20.8 Å². The summed E-state index contributed by atoms with van der Waals surface area (Å²) < 4.78 is 10.8. The molecule has 0 aliphatic rings. The Labute approximate surface area is 346 Å². The molecule has 0 bridgehead atoms. The molecule has 56 heavy (non-hydrogen) atoms. The molecule has 0 amide bonds. The molecule has 0 fully saturated rings. The Kier molecular flexibility index (Phi) is 37.6. The summed E-state index contributed by atoms with van der Waals surface area (Å²) in [6, 6.07) is 4.25. The van der Waals surface area contributed by atoms with Crippen LogP contribution in [-0.4, -0.2) is 36.2 Å². The second-order valence-electron chi connectivity index (χ2n) is 17.0. The molecular weight excluding hydrogens is 697 g/mol. The van der Waals surface area contributed by atoms with Crippen molar-refractivity contribution in [3.05, 3.63) is 0 Å². The SMILES string of the molecule is CCCCCCCCCCCCCCCCCCOC(=O)CCC(C)(C#N)N=NC(C)(C#N)CCC(=O)OCCCCCCCCCCCCCCCCCC. The molecule has 0 aromatic carbocycles. The van der Waals surface area contributed by atoms with Gasteiger partial charge >= 0.3 is 11.9 Å². The number of rotatable bonds is 42. The van der Waals surface area contributed by atoms with Crippen molar-refractivity contribution in [3.63, 3.8) is 0 Å². The van der Waals surface area contributed by atoms with Gasteiger partial charge in [0.05, 0.1) is 25.4 Å². The average Bonchev–Trinajstić information content (AvgIpc) is 3.20. The molecule has 8 heteroatoms. The van der Waals surface area contributed by atoms with Crippen molar-refractivity contribution in [1.29, 1.82) is 10.5 Å². The molecule has 0 heterocycles. The first-order chi connectivity index (χ1) is 27.2. The molecule has 0 saturated heterocycles. The molecule has 0 aliphatic heterocycles. The summed E-state index contributed by atoms with van der Waals surface area (Å²) in [5.41, 5.74) is -2.53. The van der Waals surface area contributed by atoms with Crippen LogP contribution < -0.4 is 0 Å². The first-order valence-electron chi connectivity index (χ1n) is 23.8. The fraction of sp³-hybridized carbons (Fsp3) is 0.917. The summed E-state index contributed by atoms with van der Waals surface area (Å²) in [6.07, 6.45) is 41.8. The van der Waals surface area contributed by atoms with Crippen molar-refractivity contribution in [2.45, 2.75) is 270 Å². The van der Waals surface area contributed by atoms with Crippen LogP contribution in [0.5, 0.6) is 0 Å². The Morgan fingerprint density at radius 1 is 0.411 bits per heavy atom. The maximum atomic E-state index is 12.4. The molecule has 0 rings (SSSR count). The van der Waals surface area contributed by atoms with Gasteiger partial charge in [-0.15, -0.1) is 0 Å². The van der Waals surface area contributed by atoms with Crippen LogP contribution in [-0.2, 0) is 19.1 Å².